The molecule has 0 saturated carbocycles. The maximum Gasteiger partial charge on any atom is 0.321 e. The van der Waals surface area contributed by atoms with Crippen molar-refractivity contribution in [1.29, 1.82) is 0 Å². The van der Waals surface area contributed by atoms with Crippen LogP contribution in [-0.2, 0) is 0 Å². The summed E-state index contributed by atoms with van der Waals surface area (Å²) in [6.45, 7) is 1.09. The highest BCUT2D eigenvalue weighted by Gasteiger charge is 2.29. The Morgan fingerprint density at radius 2 is 2.10 bits per heavy atom. The first-order valence-electron chi connectivity index (χ1n) is 9.42. The van der Waals surface area contributed by atoms with E-state index in [0.29, 0.717) is 30.5 Å². The van der Waals surface area contributed by atoms with Crippen LogP contribution in [0.1, 0.15) is 24.7 Å². The van der Waals surface area contributed by atoms with Gasteiger partial charge in [0, 0.05) is 24.3 Å². The van der Waals surface area contributed by atoms with Gasteiger partial charge in [0.2, 0.25) is 11.7 Å². The van der Waals surface area contributed by atoms with Gasteiger partial charge in [-0.2, -0.15) is 4.98 Å². The van der Waals surface area contributed by atoms with E-state index >= 15 is 0 Å². The third kappa shape index (κ3) is 4.37. The zero-order valence-corrected chi connectivity index (χ0v) is 16.0. The first-order chi connectivity index (χ1) is 14.1. The number of urea groups is 1. The van der Waals surface area contributed by atoms with Crippen molar-refractivity contribution >= 4 is 11.7 Å². The number of amides is 2. The third-order valence-electron chi connectivity index (χ3n) is 4.92. The fourth-order valence-electron chi connectivity index (χ4n) is 3.39. The van der Waals surface area contributed by atoms with Gasteiger partial charge in [0.05, 0.1) is 13.0 Å². The first kappa shape index (κ1) is 18.9. The van der Waals surface area contributed by atoms with Crippen molar-refractivity contribution in [3.8, 4) is 17.1 Å². The summed E-state index contributed by atoms with van der Waals surface area (Å²) in [6.07, 6.45) is 1.68. The van der Waals surface area contributed by atoms with E-state index in [1.165, 1.54) is 12.1 Å². The molecule has 1 atom stereocenters. The van der Waals surface area contributed by atoms with Crippen LogP contribution in [0.3, 0.4) is 0 Å². The predicted molar refractivity (Wildman–Crippen MR) is 105 cm³/mol. The second kappa shape index (κ2) is 8.30. The Bertz CT molecular complexity index is 990. The van der Waals surface area contributed by atoms with Crippen molar-refractivity contribution in [2.24, 2.45) is 0 Å². The number of carbonyl (C=O) groups is 1. The molecule has 29 heavy (non-hydrogen) atoms. The molecule has 2 heterocycles. The molecule has 150 valence electrons. The smallest absolute Gasteiger partial charge is 0.321 e. The highest BCUT2D eigenvalue weighted by Crippen LogP contribution is 2.28. The van der Waals surface area contributed by atoms with Crippen molar-refractivity contribution in [1.82, 2.24) is 15.0 Å². The molecule has 1 aliphatic rings. The van der Waals surface area contributed by atoms with Gasteiger partial charge in [-0.15, -0.1) is 0 Å². The van der Waals surface area contributed by atoms with Gasteiger partial charge >= 0.3 is 6.03 Å². The molecule has 0 spiro atoms. The summed E-state index contributed by atoms with van der Waals surface area (Å²) in [6, 6.07) is 13.0. The van der Waals surface area contributed by atoms with Crippen LogP contribution in [0.4, 0.5) is 14.9 Å². The lowest BCUT2D eigenvalue weighted by atomic mass is 9.98. The van der Waals surface area contributed by atoms with Gasteiger partial charge in [-0.1, -0.05) is 11.2 Å². The topological polar surface area (TPSA) is 80.5 Å². The molecule has 1 saturated heterocycles. The highest BCUT2D eigenvalue weighted by atomic mass is 19.1. The number of likely N-dealkylation sites (tertiary alicyclic amines) is 1. The zero-order chi connectivity index (χ0) is 20.2. The second-order valence-electron chi connectivity index (χ2n) is 6.91. The number of benzene rings is 2. The van der Waals surface area contributed by atoms with Crippen LogP contribution in [-0.4, -0.2) is 41.3 Å². The van der Waals surface area contributed by atoms with Crippen molar-refractivity contribution in [2.45, 2.75) is 18.8 Å². The van der Waals surface area contributed by atoms with Gasteiger partial charge in [-0.3, -0.25) is 0 Å². The number of methoxy groups -OCH3 is 1. The van der Waals surface area contributed by atoms with Gasteiger partial charge in [0.25, 0.3) is 0 Å². The van der Waals surface area contributed by atoms with Gasteiger partial charge < -0.3 is 19.5 Å². The molecule has 3 aromatic rings. The summed E-state index contributed by atoms with van der Waals surface area (Å²) in [7, 11) is 1.61. The first-order valence-corrected chi connectivity index (χ1v) is 9.42. The van der Waals surface area contributed by atoms with Crippen LogP contribution >= 0.6 is 0 Å². The van der Waals surface area contributed by atoms with E-state index in [9.17, 15) is 9.18 Å². The molecule has 1 fully saturated rings. The summed E-state index contributed by atoms with van der Waals surface area (Å²) in [5.74, 6) is 1.34. The van der Waals surface area contributed by atoms with E-state index in [0.717, 1.165) is 24.2 Å². The molecule has 2 aromatic carbocycles. The van der Waals surface area contributed by atoms with Gasteiger partial charge in [-0.05, 0) is 55.3 Å². The summed E-state index contributed by atoms with van der Waals surface area (Å²) >= 11 is 0. The van der Waals surface area contributed by atoms with Crippen molar-refractivity contribution in [3.05, 3.63) is 60.2 Å². The number of hydrogen-bond acceptors (Lipinski definition) is 5. The summed E-state index contributed by atoms with van der Waals surface area (Å²) in [5, 5.41) is 6.81. The molecule has 1 aliphatic heterocycles. The minimum absolute atomic E-state index is 0.0403. The molecule has 0 radical (unpaired) electrons. The molecule has 4 rings (SSSR count). The standard InChI is InChI=1S/C21H21FN4O3/c1-28-18-9-7-14(8-10-18)19-24-20(29-25-19)15-4-3-11-26(13-15)21(27)23-17-6-2-5-16(22)12-17/h2,5-10,12,15H,3-4,11,13H2,1H3,(H,23,27)/t15-/m0/s1. The lowest BCUT2D eigenvalue weighted by Crippen LogP contribution is -2.41. The molecule has 7 nitrogen and oxygen atoms in total. The monoisotopic (exact) mass is 396 g/mol. The number of carbonyl (C=O) groups excluding carboxylic acids is 1. The van der Waals surface area contributed by atoms with E-state index < -0.39 is 5.82 Å². The summed E-state index contributed by atoms with van der Waals surface area (Å²) in [5.41, 5.74) is 1.26. The fourth-order valence-corrected chi connectivity index (χ4v) is 3.39. The van der Waals surface area contributed by atoms with Crippen LogP contribution in [0.2, 0.25) is 0 Å². The molecule has 1 aromatic heterocycles. The number of ether oxygens (including phenoxy) is 1. The minimum atomic E-state index is -0.392. The lowest BCUT2D eigenvalue weighted by molar-refractivity contribution is 0.184. The van der Waals surface area contributed by atoms with Gasteiger partial charge in [0.1, 0.15) is 11.6 Å². The number of rotatable bonds is 4. The highest BCUT2D eigenvalue weighted by molar-refractivity contribution is 5.89. The largest absolute Gasteiger partial charge is 0.497 e. The van der Waals surface area contributed by atoms with Crippen molar-refractivity contribution < 1.29 is 18.4 Å². The van der Waals surface area contributed by atoms with Gasteiger partial charge in [-0.25, -0.2) is 9.18 Å². The van der Waals surface area contributed by atoms with Crippen molar-refractivity contribution in [3.63, 3.8) is 0 Å². The summed E-state index contributed by atoms with van der Waals surface area (Å²) in [4.78, 5) is 18.8. The maximum atomic E-state index is 13.3. The van der Waals surface area contributed by atoms with Crippen LogP contribution in [0.25, 0.3) is 11.4 Å². The maximum absolute atomic E-state index is 13.3. The molecule has 1 N–H and O–H groups in total. The van der Waals surface area contributed by atoms with Crippen LogP contribution in [0.15, 0.2) is 53.1 Å². The molecule has 0 unspecified atom stereocenters. The van der Waals surface area contributed by atoms with Crippen molar-refractivity contribution in [2.75, 3.05) is 25.5 Å². The quantitative estimate of drug-likeness (QED) is 0.711. The number of piperidine rings is 1. The van der Waals surface area contributed by atoms with E-state index in [-0.39, 0.29) is 11.9 Å². The normalized spacial score (nSPS) is 16.5. The Morgan fingerprint density at radius 3 is 2.86 bits per heavy atom. The van der Waals surface area contributed by atoms with E-state index in [1.54, 1.807) is 24.1 Å². The van der Waals surface area contributed by atoms with Crippen LogP contribution in [0.5, 0.6) is 5.75 Å². The summed E-state index contributed by atoms with van der Waals surface area (Å²) < 4.78 is 24.0. The number of aromatic nitrogens is 2. The predicted octanol–water partition coefficient (Wildman–Crippen LogP) is 4.30. The number of anilines is 1. The fraction of sp³-hybridized carbons (Fsp3) is 0.286. The minimum Gasteiger partial charge on any atom is -0.497 e. The molecule has 8 heteroatoms. The van der Waals surface area contributed by atoms with Crippen LogP contribution in [0, 0.1) is 5.82 Å². The molecular weight excluding hydrogens is 375 g/mol. The second-order valence-corrected chi connectivity index (χ2v) is 6.91. The Balaban J connectivity index is 1.43. The third-order valence-corrected chi connectivity index (χ3v) is 4.92. The Morgan fingerprint density at radius 1 is 1.28 bits per heavy atom. The van der Waals surface area contributed by atoms with E-state index in [1.807, 2.05) is 24.3 Å². The SMILES string of the molecule is COc1ccc(-c2noc([C@H]3CCCN(C(=O)Nc4cccc(F)c4)C3)n2)cc1. The number of nitrogens with zero attached hydrogens (tertiary/aromatic N) is 3. The Hall–Kier alpha value is -3.42. The Labute approximate surface area is 167 Å². The number of hydrogen-bond donors (Lipinski definition) is 1. The average Bonchev–Trinajstić information content (AvgIpc) is 3.24. The molecule has 2 amide bonds. The van der Waals surface area contributed by atoms with E-state index in [2.05, 4.69) is 15.5 Å². The molecule has 0 bridgehead atoms. The lowest BCUT2D eigenvalue weighted by Gasteiger charge is -2.31. The molecular formula is C21H21FN4O3. The average molecular weight is 396 g/mol. The van der Waals surface area contributed by atoms with Gasteiger partial charge in [0.15, 0.2) is 0 Å². The number of halogens is 1. The van der Waals surface area contributed by atoms with E-state index in [4.69, 9.17) is 9.26 Å². The Kier molecular flexibility index (Phi) is 5.41. The molecule has 0 aliphatic carbocycles. The zero-order valence-electron chi connectivity index (χ0n) is 16.0. The van der Waals surface area contributed by atoms with Crippen LogP contribution < -0.4 is 10.1 Å². The number of nitrogens with one attached hydrogen (secondary N) is 1.